The van der Waals surface area contributed by atoms with Crippen molar-refractivity contribution in [3.05, 3.63) is 28.8 Å². The number of halogens is 1. The van der Waals surface area contributed by atoms with Crippen molar-refractivity contribution >= 4 is 34.7 Å². The van der Waals surface area contributed by atoms with E-state index in [1.54, 1.807) is 0 Å². The molecule has 1 aromatic rings. The first-order valence-corrected chi connectivity index (χ1v) is 4.97. The van der Waals surface area contributed by atoms with Gasteiger partial charge in [0, 0.05) is 0 Å². The summed E-state index contributed by atoms with van der Waals surface area (Å²) in [5.41, 5.74) is 2.02. The van der Waals surface area contributed by atoms with E-state index in [2.05, 4.69) is 28.4 Å². The first kappa shape index (κ1) is 8.89. The second kappa shape index (κ2) is 3.59. The van der Waals surface area contributed by atoms with Gasteiger partial charge in [-0.15, -0.1) is 0 Å². The zero-order chi connectivity index (χ0) is 9.26. The van der Waals surface area contributed by atoms with Gasteiger partial charge in [-0.2, -0.15) is 4.99 Å². The Morgan fingerprint density at radius 1 is 1.46 bits per heavy atom. The van der Waals surface area contributed by atoms with Gasteiger partial charge in [0.1, 0.15) is 0 Å². The van der Waals surface area contributed by atoms with Crippen LogP contribution in [0.1, 0.15) is 24.3 Å². The molecule has 66 valence electrons. The third-order valence-corrected chi connectivity index (χ3v) is 2.58. The summed E-state index contributed by atoms with van der Waals surface area (Å²) in [6.07, 6.45) is 2.57. The molecule has 0 saturated heterocycles. The van der Waals surface area contributed by atoms with Crippen molar-refractivity contribution in [3.63, 3.8) is 0 Å². The first-order valence-electron chi connectivity index (χ1n) is 4.18. The molecule has 0 unspecified atom stereocenters. The SMILES string of the molecule is S=C=Nc1ccc(C2CC2)cc1Cl. The highest BCUT2D eigenvalue weighted by atomic mass is 35.5. The molecule has 0 aromatic heterocycles. The molecular formula is C10H8ClNS. The Morgan fingerprint density at radius 2 is 2.23 bits per heavy atom. The summed E-state index contributed by atoms with van der Waals surface area (Å²) in [4.78, 5) is 3.86. The summed E-state index contributed by atoms with van der Waals surface area (Å²) < 4.78 is 0. The van der Waals surface area contributed by atoms with Crippen molar-refractivity contribution in [1.29, 1.82) is 0 Å². The van der Waals surface area contributed by atoms with E-state index in [1.807, 2.05) is 12.1 Å². The van der Waals surface area contributed by atoms with Crippen molar-refractivity contribution in [1.82, 2.24) is 0 Å². The third-order valence-electron chi connectivity index (χ3n) is 2.19. The number of benzene rings is 1. The molecule has 3 heteroatoms. The van der Waals surface area contributed by atoms with Gasteiger partial charge in [0.05, 0.1) is 15.9 Å². The molecule has 0 bridgehead atoms. The zero-order valence-corrected chi connectivity index (χ0v) is 8.53. The maximum atomic E-state index is 6.00. The van der Waals surface area contributed by atoms with Gasteiger partial charge in [-0.05, 0) is 48.7 Å². The van der Waals surface area contributed by atoms with E-state index in [9.17, 15) is 0 Å². The predicted octanol–water partition coefficient (Wildman–Crippen LogP) is 3.95. The van der Waals surface area contributed by atoms with Gasteiger partial charge >= 0.3 is 0 Å². The first-order chi connectivity index (χ1) is 6.31. The van der Waals surface area contributed by atoms with E-state index < -0.39 is 0 Å². The van der Waals surface area contributed by atoms with Crippen molar-refractivity contribution in [2.75, 3.05) is 0 Å². The number of aliphatic imine (C=N–C) groups is 1. The second-order valence-corrected chi connectivity index (χ2v) is 3.78. The van der Waals surface area contributed by atoms with Gasteiger partial charge in [0.25, 0.3) is 0 Å². The van der Waals surface area contributed by atoms with E-state index in [0.717, 1.165) is 5.92 Å². The number of hydrogen-bond acceptors (Lipinski definition) is 2. The lowest BCUT2D eigenvalue weighted by Crippen LogP contribution is -1.78. The molecule has 1 aliphatic carbocycles. The summed E-state index contributed by atoms with van der Waals surface area (Å²) in [7, 11) is 0. The number of isothiocyanates is 1. The Hall–Kier alpha value is -0.690. The molecule has 0 N–H and O–H groups in total. The monoisotopic (exact) mass is 209 g/mol. The summed E-state index contributed by atoms with van der Waals surface area (Å²) >= 11 is 10.5. The largest absolute Gasteiger partial charge is 0.193 e. The molecule has 2 rings (SSSR count). The van der Waals surface area contributed by atoms with Gasteiger partial charge < -0.3 is 0 Å². The quantitative estimate of drug-likeness (QED) is 0.531. The lowest BCUT2D eigenvalue weighted by molar-refractivity contribution is 1.13. The molecule has 0 radical (unpaired) electrons. The lowest BCUT2D eigenvalue weighted by Gasteiger charge is -2.00. The van der Waals surface area contributed by atoms with Crippen LogP contribution in [-0.4, -0.2) is 5.16 Å². The molecule has 0 atom stereocenters. The minimum absolute atomic E-state index is 0.668. The molecule has 0 spiro atoms. The second-order valence-electron chi connectivity index (χ2n) is 3.19. The van der Waals surface area contributed by atoms with E-state index in [1.165, 1.54) is 18.4 Å². The molecule has 13 heavy (non-hydrogen) atoms. The van der Waals surface area contributed by atoms with Crippen molar-refractivity contribution in [3.8, 4) is 0 Å². The van der Waals surface area contributed by atoms with E-state index in [-0.39, 0.29) is 0 Å². The highest BCUT2D eigenvalue weighted by molar-refractivity contribution is 7.78. The Bertz CT molecular complexity index is 379. The van der Waals surface area contributed by atoms with Crippen molar-refractivity contribution in [2.45, 2.75) is 18.8 Å². The topological polar surface area (TPSA) is 12.4 Å². The molecule has 0 aliphatic heterocycles. The highest BCUT2D eigenvalue weighted by Crippen LogP contribution is 2.42. The Labute approximate surface area is 87.4 Å². The van der Waals surface area contributed by atoms with Crippen LogP contribution in [-0.2, 0) is 0 Å². The lowest BCUT2D eigenvalue weighted by atomic mass is 10.1. The Morgan fingerprint density at radius 3 is 2.77 bits per heavy atom. The van der Waals surface area contributed by atoms with Crippen LogP contribution in [0.25, 0.3) is 0 Å². The van der Waals surface area contributed by atoms with Crippen LogP contribution >= 0.6 is 23.8 Å². The maximum absolute atomic E-state index is 6.00. The van der Waals surface area contributed by atoms with E-state index in [4.69, 9.17) is 11.6 Å². The Kier molecular flexibility index (Phi) is 2.45. The molecule has 1 saturated carbocycles. The fourth-order valence-corrected chi connectivity index (χ4v) is 1.66. The van der Waals surface area contributed by atoms with E-state index in [0.29, 0.717) is 10.7 Å². The van der Waals surface area contributed by atoms with Crippen molar-refractivity contribution in [2.24, 2.45) is 4.99 Å². The van der Waals surface area contributed by atoms with Gasteiger partial charge in [-0.3, -0.25) is 0 Å². The molecule has 0 amide bonds. The van der Waals surface area contributed by atoms with Gasteiger partial charge in [-0.25, -0.2) is 0 Å². The molecule has 0 heterocycles. The van der Waals surface area contributed by atoms with Crippen LogP contribution < -0.4 is 0 Å². The average Bonchev–Trinajstić information content (AvgIpc) is 2.91. The number of thiocarbonyl (C=S) groups is 1. The minimum atomic E-state index is 0.668. The van der Waals surface area contributed by atoms with Crippen LogP contribution in [0, 0.1) is 0 Å². The van der Waals surface area contributed by atoms with Gasteiger partial charge in [-0.1, -0.05) is 17.7 Å². The van der Waals surface area contributed by atoms with Gasteiger partial charge in [0.15, 0.2) is 0 Å². The van der Waals surface area contributed by atoms with Crippen LogP contribution in [0.2, 0.25) is 5.02 Å². The third kappa shape index (κ3) is 1.97. The van der Waals surface area contributed by atoms with Crippen LogP contribution in [0.3, 0.4) is 0 Å². The smallest absolute Gasteiger partial charge is 0.0925 e. The molecule has 1 nitrogen and oxygen atoms in total. The maximum Gasteiger partial charge on any atom is 0.0925 e. The number of nitrogens with zero attached hydrogens (tertiary/aromatic N) is 1. The number of hydrogen-bond donors (Lipinski definition) is 0. The predicted molar refractivity (Wildman–Crippen MR) is 58.1 cm³/mol. The summed E-state index contributed by atoms with van der Waals surface area (Å²) in [5.74, 6) is 0.725. The molecule has 1 aromatic carbocycles. The summed E-state index contributed by atoms with van der Waals surface area (Å²) in [6.45, 7) is 0. The summed E-state index contributed by atoms with van der Waals surface area (Å²) in [5, 5.41) is 2.98. The van der Waals surface area contributed by atoms with Gasteiger partial charge in [0.2, 0.25) is 0 Å². The van der Waals surface area contributed by atoms with Crippen LogP contribution in [0.5, 0.6) is 0 Å². The highest BCUT2D eigenvalue weighted by Gasteiger charge is 2.23. The van der Waals surface area contributed by atoms with E-state index >= 15 is 0 Å². The van der Waals surface area contributed by atoms with Crippen LogP contribution in [0.4, 0.5) is 5.69 Å². The zero-order valence-electron chi connectivity index (χ0n) is 6.96. The Balaban J connectivity index is 2.36. The molecular weight excluding hydrogens is 202 g/mol. The standard InChI is InChI=1S/C10H8ClNS/c11-9-5-8(7-1-2-7)3-4-10(9)12-6-13/h3-5,7H,1-2H2. The molecule has 1 aliphatic rings. The fraction of sp³-hybridized carbons (Fsp3) is 0.300. The van der Waals surface area contributed by atoms with Crippen molar-refractivity contribution < 1.29 is 0 Å². The normalized spacial score (nSPS) is 15.2. The summed E-state index contributed by atoms with van der Waals surface area (Å²) in [6, 6.07) is 5.94. The average molecular weight is 210 g/mol. The molecule has 1 fully saturated rings. The minimum Gasteiger partial charge on any atom is -0.193 e. The fourth-order valence-electron chi connectivity index (χ4n) is 1.33. The van der Waals surface area contributed by atoms with Crippen LogP contribution in [0.15, 0.2) is 23.2 Å². The number of rotatable bonds is 2.